The van der Waals surface area contributed by atoms with E-state index in [-0.39, 0.29) is 49.2 Å². The first-order chi connectivity index (χ1) is 23.8. The van der Waals surface area contributed by atoms with E-state index in [1.54, 1.807) is 24.3 Å². The van der Waals surface area contributed by atoms with Gasteiger partial charge in [-0.3, -0.25) is 4.55 Å². The van der Waals surface area contributed by atoms with Crippen LogP contribution in [0.3, 0.4) is 0 Å². The second-order valence-corrected chi connectivity index (χ2v) is 14.7. The molecule has 272 valence electrons. The number of aryl methyl sites for hydroxylation is 2. The van der Waals surface area contributed by atoms with Crippen LogP contribution in [0.15, 0.2) is 94.7 Å². The molecule has 13 heteroatoms. The van der Waals surface area contributed by atoms with E-state index >= 15 is 0 Å². The van der Waals surface area contributed by atoms with Crippen molar-refractivity contribution in [3.63, 3.8) is 0 Å². The first-order valence-electron chi connectivity index (χ1n) is 16.9. The summed E-state index contributed by atoms with van der Waals surface area (Å²) in [6.07, 6.45) is 14.1. The average molecular weight is 767 g/mol. The smallest absolute Gasteiger partial charge is 0.870 e. The van der Waals surface area contributed by atoms with E-state index in [1.807, 2.05) is 24.3 Å². The number of ether oxygens (including phenoxy) is 2. The summed E-state index contributed by atoms with van der Waals surface area (Å²) in [4.78, 5) is -1.10. The minimum atomic E-state index is -4.78. The minimum Gasteiger partial charge on any atom is -0.870 e. The Morgan fingerprint density at radius 3 is 1.47 bits per heavy atom. The molecule has 0 atom stereocenters. The zero-order valence-electron chi connectivity index (χ0n) is 29.3. The molecule has 0 radical (unpaired) electrons. The Labute approximate surface area is 332 Å². The van der Waals surface area contributed by atoms with E-state index in [2.05, 4.69) is 13.8 Å². The predicted octanol–water partition coefficient (Wildman–Crippen LogP) is 8.53. The van der Waals surface area contributed by atoms with Gasteiger partial charge in [-0.05, 0) is 79.3 Å². The normalized spacial score (nSPS) is 11.2. The Hall–Kier alpha value is -2.84. The van der Waals surface area contributed by atoms with Crippen molar-refractivity contribution >= 4 is 58.0 Å². The fourth-order valence-corrected chi connectivity index (χ4v) is 6.40. The standard InChI is InChI=1S/2C19H24O5S.Ca/c2*1-2-3-4-5-6-8-15-11-13-16(14-12-15)24-19-17(20)9-7-10-18(19)25(21,22)23;/h2*7,9-14,20H,2-6,8H2,1H3,(H,21,22,23);/q;;+2/p-2. The monoisotopic (exact) mass is 766 g/mol. The Morgan fingerprint density at radius 1 is 0.588 bits per heavy atom. The van der Waals surface area contributed by atoms with Crippen LogP contribution in [0.1, 0.15) is 89.2 Å². The van der Waals surface area contributed by atoms with Crippen LogP contribution in [0.5, 0.6) is 34.5 Å². The summed E-state index contributed by atoms with van der Waals surface area (Å²) >= 11 is 0. The zero-order chi connectivity index (χ0) is 36.6. The van der Waals surface area contributed by atoms with Crippen molar-refractivity contribution < 1.29 is 45.6 Å². The fraction of sp³-hybridized carbons (Fsp3) is 0.368. The molecular weight excluding hydrogens is 721 g/mol. The van der Waals surface area contributed by atoms with Gasteiger partial charge in [0, 0.05) is 0 Å². The van der Waals surface area contributed by atoms with Gasteiger partial charge >= 0.3 is 37.7 Å². The summed E-state index contributed by atoms with van der Waals surface area (Å²) in [5, 5.41) is 21.7. The van der Waals surface area contributed by atoms with Gasteiger partial charge in [0.2, 0.25) is 0 Å². The van der Waals surface area contributed by atoms with E-state index < -0.39 is 41.5 Å². The number of aromatic hydroxyl groups is 1. The third-order valence-corrected chi connectivity index (χ3v) is 9.61. The first-order valence-corrected chi connectivity index (χ1v) is 19.8. The van der Waals surface area contributed by atoms with Crippen molar-refractivity contribution in [3.05, 3.63) is 96.1 Å². The molecule has 0 spiro atoms. The number of rotatable bonds is 18. The molecule has 4 aromatic carbocycles. The SMILES string of the molecule is CCCCCCCc1ccc(Oc2c(O)cccc2S(=O)(=O)O)cc1.CCCCCCCc1ccc(Oc2c([O-])cccc2S(=O)(=O)[O-])cc1.[Ca+2]. The minimum absolute atomic E-state index is 0. The van der Waals surface area contributed by atoms with Gasteiger partial charge in [0.15, 0.2) is 11.5 Å². The summed E-state index contributed by atoms with van der Waals surface area (Å²) in [5.41, 5.74) is 2.33. The number of hydrogen-bond donors (Lipinski definition) is 2. The number of benzene rings is 4. The van der Waals surface area contributed by atoms with Crippen molar-refractivity contribution in [1.29, 1.82) is 0 Å². The van der Waals surface area contributed by atoms with Gasteiger partial charge in [-0.25, -0.2) is 8.42 Å². The largest absolute Gasteiger partial charge is 2.00 e. The molecule has 0 aliphatic heterocycles. The molecule has 0 aliphatic rings. The Kier molecular flexibility index (Phi) is 19.4. The third-order valence-electron chi connectivity index (χ3n) is 7.87. The van der Waals surface area contributed by atoms with Gasteiger partial charge in [-0.15, -0.1) is 0 Å². The Morgan fingerprint density at radius 2 is 1.02 bits per heavy atom. The van der Waals surface area contributed by atoms with Gasteiger partial charge in [0.05, 0.1) is 4.90 Å². The quantitative estimate of drug-likeness (QED) is 0.0568. The summed E-state index contributed by atoms with van der Waals surface area (Å²) in [6.45, 7) is 4.37. The molecular formula is C38H46CaO10S2. The first kappa shape index (κ1) is 44.3. The number of phenolic OH excluding ortho intramolecular Hbond substituents is 1. The summed E-state index contributed by atoms with van der Waals surface area (Å²) in [5.74, 6) is -1.02. The molecule has 51 heavy (non-hydrogen) atoms. The van der Waals surface area contributed by atoms with Crippen LogP contribution in [0.25, 0.3) is 0 Å². The number of phenols is 1. The van der Waals surface area contributed by atoms with Crippen molar-refractivity contribution in [1.82, 2.24) is 0 Å². The maximum Gasteiger partial charge on any atom is 2.00 e. The summed E-state index contributed by atoms with van der Waals surface area (Å²) in [7, 11) is -9.27. The van der Waals surface area contributed by atoms with Crippen LogP contribution >= 0.6 is 0 Å². The van der Waals surface area contributed by atoms with E-state index in [4.69, 9.17) is 9.47 Å². The number of hydrogen-bond acceptors (Lipinski definition) is 9. The number of unbranched alkanes of at least 4 members (excludes halogenated alkanes) is 8. The van der Waals surface area contributed by atoms with Gasteiger partial charge in [-0.1, -0.05) is 113 Å². The van der Waals surface area contributed by atoms with Crippen LogP contribution in [0, 0.1) is 0 Å². The van der Waals surface area contributed by atoms with Crippen molar-refractivity contribution in [2.75, 3.05) is 0 Å². The van der Waals surface area contributed by atoms with E-state index in [1.165, 1.54) is 81.2 Å². The molecule has 0 amide bonds. The fourth-order valence-electron chi connectivity index (χ4n) is 5.15. The van der Waals surface area contributed by atoms with Crippen LogP contribution in [0.4, 0.5) is 0 Å². The number of para-hydroxylation sites is 2. The van der Waals surface area contributed by atoms with Crippen LogP contribution in [0.2, 0.25) is 0 Å². The van der Waals surface area contributed by atoms with Crippen molar-refractivity contribution in [2.24, 2.45) is 0 Å². The molecule has 2 N–H and O–H groups in total. The maximum atomic E-state index is 11.9. The molecule has 0 bridgehead atoms. The van der Waals surface area contributed by atoms with E-state index in [0.29, 0.717) is 11.5 Å². The van der Waals surface area contributed by atoms with Gasteiger partial charge < -0.3 is 24.2 Å². The van der Waals surface area contributed by atoms with Gasteiger partial charge in [-0.2, -0.15) is 8.42 Å². The second kappa shape index (κ2) is 22.3. The average Bonchev–Trinajstić information content (AvgIpc) is 3.07. The molecule has 0 aromatic heterocycles. The molecule has 10 nitrogen and oxygen atoms in total. The zero-order valence-corrected chi connectivity index (χ0v) is 33.1. The molecule has 0 unspecified atom stereocenters. The Bertz CT molecular complexity index is 1710. The van der Waals surface area contributed by atoms with Crippen molar-refractivity contribution in [3.8, 4) is 34.5 Å². The maximum absolute atomic E-state index is 11.9. The van der Waals surface area contributed by atoms with Crippen LogP contribution in [-0.2, 0) is 33.1 Å². The van der Waals surface area contributed by atoms with Crippen LogP contribution < -0.4 is 14.6 Å². The van der Waals surface area contributed by atoms with Gasteiger partial charge in [0.1, 0.15) is 32.3 Å². The topological polar surface area (TPSA) is 173 Å². The van der Waals surface area contributed by atoms with Crippen molar-refractivity contribution in [2.45, 2.75) is 101 Å². The summed E-state index contributed by atoms with van der Waals surface area (Å²) < 4.78 is 76.8. The second-order valence-electron chi connectivity index (χ2n) is 11.9. The molecule has 0 heterocycles. The third kappa shape index (κ3) is 15.3. The van der Waals surface area contributed by atoms with Gasteiger partial charge in [0.25, 0.3) is 10.1 Å². The Balaban J connectivity index is 0.000000347. The predicted molar refractivity (Wildman–Crippen MR) is 195 cm³/mol. The molecule has 0 saturated heterocycles. The molecule has 0 saturated carbocycles. The molecule has 4 rings (SSSR count). The van der Waals surface area contributed by atoms with Crippen LogP contribution in [-0.4, -0.2) is 68.8 Å². The molecule has 0 fully saturated rings. The van der Waals surface area contributed by atoms with E-state index in [9.17, 15) is 36.2 Å². The summed E-state index contributed by atoms with van der Waals surface area (Å²) in [6, 6.07) is 21.7. The van der Waals surface area contributed by atoms with E-state index in [0.717, 1.165) is 43.4 Å². The molecule has 0 aliphatic carbocycles. The molecule has 4 aromatic rings.